The Labute approximate surface area is 80.1 Å². The highest BCUT2D eigenvalue weighted by Gasteiger charge is 2.40. The van der Waals surface area contributed by atoms with Crippen LogP contribution in [0.25, 0.3) is 0 Å². The molecule has 0 aliphatic carbocycles. The molecule has 0 aliphatic heterocycles. The Hall–Kier alpha value is -0.393. The van der Waals surface area contributed by atoms with E-state index in [-0.39, 0.29) is 0 Å². The summed E-state index contributed by atoms with van der Waals surface area (Å²) in [5, 5.41) is 8.91. The second-order valence-electron chi connectivity index (χ2n) is 3.91. The zero-order chi connectivity index (χ0) is 10.7. The fourth-order valence-corrected chi connectivity index (χ4v) is 3.32. The number of carbonyl (C=O) groups is 1. The summed E-state index contributed by atoms with van der Waals surface area (Å²) in [7, 11) is 0.850. The van der Waals surface area contributed by atoms with E-state index in [1.165, 1.54) is 0 Å². The fraction of sp³-hybridized carbons (Fsp3) is 0.875. The van der Waals surface area contributed by atoms with Crippen LogP contribution in [0.2, 0.25) is 12.6 Å². The molecule has 0 saturated carbocycles. The van der Waals surface area contributed by atoms with E-state index in [4.69, 9.17) is 14.0 Å². The lowest BCUT2D eigenvalue weighted by Crippen LogP contribution is -2.43. The first kappa shape index (κ1) is 12.6. The summed E-state index contributed by atoms with van der Waals surface area (Å²) in [4.78, 5) is 10.8. The topological polar surface area (TPSA) is 55.8 Å². The molecule has 1 N–H and O–H groups in total. The average Bonchev–Trinajstić information content (AvgIpc) is 2.03. The summed E-state index contributed by atoms with van der Waals surface area (Å²) >= 11 is 0. The van der Waals surface area contributed by atoms with E-state index in [2.05, 4.69) is 0 Å². The highest BCUT2D eigenvalue weighted by atomic mass is 28.4. The van der Waals surface area contributed by atoms with E-state index < -0.39 is 19.9 Å². The van der Waals surface area contributed by atoms with Crippen LogP contribution in [-0.4, -0.2) is 33.9 Å². The maximum Gasteiger partial charge on any atom is 0.335 e. The second kappa shape index (κ2) is 4.21. The normalized spacial score (nSPS) is 13.0. The molecular weight excluding hydrogens is 188 g/mol. The molecule has 0 amide bonds. The molecule has 0 unspecified atom stereocenters. The van der Waals surface area contributed by atoms with Crippen LogP contribution < -0.4 is 0 Å². The molecule has 0 radical (unpaired) electrons. The number of carboxylic acids is 1. The van der Waals surface area contributed by atoms with Gasteiger partial charge in [-0.15, -0.1) is 0 Å². The molecule has 0 aromatic rings. The van der Waals surface area contributed by atoms with Crippen molar-refractivity contribution in [2.24, 2.45) is 5.41 Å². The minimum atomic E-state index is -2.28. The van der Waals surface area contributed by atoms with Crippen molar-refractivity contribution in [3.63, 3.8) is 0 Å². The lowest BCUT2D eigenvalue weighted by molar-refractivity contribution is -0.146. The Balaban J connectivity index is 4.48. The molecule has 78 valence electrons. The van der Waals surface area contributed by atoms with E-state index in [0.717, 1.165) is 0 Å². The van der Waals surface area contributed by atoms with Gasteiger partial charge in [-0.2, -0.15) is 0 Å². The molecule has 5 heteroatoms. The third-order valence-corrected chi connectivity index (χ3v) is 5.46. The van der Waals surface area contributed by atoms with Gasteiger partial charge in [0.25, 0.3) is 0 Å². The first-order valence-corrected chi connectivity index (χ1v) is 6.63. The first-order valence-electron chi connectivity index (χ1n) is 4.11. The van der Waals surface area contributed by atoms with Gasteiger partial charge < -0.3 is 14.0 Å². The highest BCUT2D eigenvalue weighted by molar-refractivity contribution is 6.66. The standard InChI is InChI=1S/C8H18O4Si/c1-8(2,7(9)10)6-13(5,11-3)12-4/h6H2,1-5H3,(H,9,10). The minimum Gasteiger partial charge on any atom is -0.481 e. The van der Waals surface area contributed by atoms with Gasteiger partial charge in [0.05, 0.1) is 5.41 Å². The molecule has 0 aromatic heterocycles. The molecule has 4 nitrogen and oxygen atoms in total. The largest absolute Gasteiger partial charge is 0.481 e. The number of rotatable bonds is 5. The Kier molecular flexibility index (Phi) is 4.08. The second-order valence-corrected chi connectivity index (χ2v) is 7.35. The molecule has 13 heavy (non-hydrogen) atoms. The smallest absolute Gasteiger partial charge is 0.335 e. The average molecular weight is 206 g/mol. The molecule has 0 atom stereocenters. The zero-order valence-corrected chi connectivity index (χ0v) is 9.88. The van der Waals surface area contributed by atoms with Crippen LogP contribution in [0.4, 0.5) is 0 Å². The molecule has 0 bridgehead atoms. The number of hydrogen-bond donors (Lipinski definition) is 1. The van der Waals surface area contributed by atoms with E-state index in [1.807, 2.05) is 6.55 Å². The first-order chi connectivity index (χ1) is 5.77. The number of hydrogen-bond acceptors (Lipinski definition) is 3. The summed E-state index contributed by atoms with van der Waals surface area (Å²) < 4.78 is 10.5. The minimum absolute atomic E-state index is 0.447. The van der Waals surface area contributed by atoms with Gasteiger partial charge in [0.2, 0.25) is 0 Å². The molecule has 0 spiro atoms. The summed E-state index contributed by atoms with van der Waals surface area (Å²) in [6.45, 7) is 5.22. The van der Waals surface area contributed by atoms with Crippen LogP contribution in [0.5, 0.6) is 0 Å². The molecule has 0 rings (SSSR count). The van der Waals surface area contributed by atoms with Crippen molar-refractivity contribution in [3.05, 3.63) is 0 Å². The molecule has 0 aromatic carbocycles. The highest BCUT2D eigenvalue weighted by Crippen LogP contribution is 2.29. The van der Waals surface area contributed by atoms with Crippen LogP contribution in [0.15, 0.2) is 0 Å². The van der Waals surface area contributed by atoms with Gasteiger partial charge in [-0.1, -0.05) is 0 Å². The molecule has 0 aliphatic rings. The Morgan fingerprint density at radius 3 is 2.00 bits per heavy atom. The Morgan fingerprint density at radius 2 is 1.77 bits per heavy atom. The van der Waals surface area contributed by atoms with Gasteiger partial charge in [0.1, 0.15) is 0 Å². The quantitative estimate of drug-likeness (QED) is 0.692. The maximum atomic E-state index is 10.8. The summed E-state index contributed by atoms with van der Waals surface area (Å²) in [5.41, 5.74) is -0.785. The monoisotopic (exact) mass is 206 g/mol. The van der Waals surface area contributed by atoms with Gasteiger partial charge in [-0.05, 0) is 20.4 Å². The van der Waals surface area contributed by atoms with E-state index in [0.29, 0.717) is 6.04 Å². The van der Waals surface area contributed by atoms with Crippen molar-refractivity contribution in [1.82, 2.24) is 0 Å². The van der Waals surface area contributed by atoms with Crippen molar-refractivity contribution >= 4 is 14.5 Å². The van der Waals surface area contributed by atoms with Gasteiger partial charge in [0.15, 0.2) is 0 Å². The van der Waals surface area contributed by atoms with E-state index in [1.54, 1.807) is 28.1 Å². The number of aliphatic carboxylic acids is 1. The molecule has 0 heterocycles. The van der Waals surface area contributed by atoms with Crippen LogP contribution >= 0.6 is 0 Å². The predicted octanol–water partition coefficient (Wildman–Crippen LogP) is 1.46. The third-order valence-electron chi connectivity index (χ3n) is 2.21. The van der Waals surface area contributed by atoms with Crippen molar-refractivity contribution < 1.29 is 18.8 Å². The van der Waals surface area contributed by atoms with Crippen molar-refractivity contribution in [3.8, 4) is 0 Å². The zero-order valence-electron chi connectivity index (χ0n) is 8.88. The maximum absolute atomic E-state index is 10.8. The van der Waals surface area contributed by atoms with Crippen molar-refractivity contribution in [1.29, 1.82) is 0 Å². The molecular formula is C8H18O4Si. The fourth-order valence-electron chi connectivity index (χ4n) is 1.11. The Bertz CT molecular complexity index is 187. The molecule has 0 saturated heterocycles. The summed E-state index contributed by atoms with van der Waals surface area (Å²) in [6.07, 6.45) is 0. The summed E-state index contributed by atoms with van der Waals surface area (Å²) in [5.74, 6) is -0.819. The van der Waals surface area contributed by atoms with Crippen LogP contribution in [0.3, 0.4) is 0 Å². The molecule has 0 fully saturated rings. The Morgan fingerprint density at radius 1 is 1.38 bits per heavy atom. The SMILES string of the molecule is CO[Si](C)(CC(C)(C)C(=O)O)OC. The van der Waals surface area contributed by atoms with Crippen LogP contribution in [0.1, 0.15) is 13.8 Å². The van der Waals surface area contributed by atoms with Gasteiger partial charge >= 0.3 is 14.5 Å². The summed E-state index contributed by atoms with van der Waals surface area (Å²) in [6, 6.07) is 0.447. The lowest BCUT2D eigenvalue weighted by Gasteiger charge is -2.29. The van der Waals surface area contributed by atoms with Crippen LogP contribution in [-0.2, 0) is 13.6 Å². The van der Waals surface area contributed by atoms with Crippen molar-refractivity contribution in [2.75, 3.05) is 14.2 Å². The van der Waals surface area contributed by atoms with E-state index in [9.17, 15) is 4.79 Å². The number of carboxylic acid groups (broad SMARTS) is 1. The van der Waals surface area contributed by atoms with Gasteiger partial charge in [-0.25, -0.2) is 0 Å². The van der Waals surface area contributed by atoms with Crippen LogP contribution in [0, 0.1) is 5.41 Å². The van der Waals surface area contributed by atoms with Gasteiger partial charge in [-0.3, -0.25) is 4.79 Å². The lowest BCUT2D eigenvalue weighted by atomic mass is 9.97. The van der Waals surface area contributed by atoms with Gasteiger partial charge in [0, 0.05) is 20.3 Å². The third kappa shape index (κ3) is 3.46. The van der Waals surface area contributed by atoms with E-state index >= 15 is 0 Å². The van der Waals surface area contributed by atoms with Crippen molar-refractivity contribution in [2.45, 2.75) is 26.4 Å². The predicted molar refractivity (Wildman–Crippen MR) is 51.9 cm³/mol.